The highest BCUT2D eigenvalue weighted by Crippen LogP contribution is 2.33. The van der Waals surface area contributed by atoms with Gasteiger partial charge in [0.2, 0.25) is 0 Å². The summed E-state index contributed by atoms with van der Waals surface area (Å²) in [4.78, 5) is 24.8. The van der Waals surface area contributed by atoms with Crippen molar-refractivity contribution >= 4 is 34.7 Å². The SMILES string of the molecule is O=C(NCCn1nc(-c2cccs2)ccc1=O)Nc1cc(C(F)(F)F)ccc1Cl. The van der Waals surface area contributed by atoms with Gasteiger partial charge in [0.25, 0.3) is 5.56 Å². The minimum atomic E-state index is -4.56. The molecule has 2 amide bonds. The molecule has 11 heteroatoms. The highest BCUT2D eigenvalue weighted by Gasteiger charge is 2.31. The number of hydrogen-bond donors (Lipinski definition) is 2. The smallest absolute Gasteiger partial charge is 0.336 e. The summed E-state index contributed by atoms with van der Waals surface area (Å²) in [6.07, 6.45) is -4.56. The van der Waals surface area contributed by atoms with E-state index < -0.39 is 17.8 Å². The Hall–Kier alpha value is -2.85. The highest BCUT2D eigenvalue weighted by atomic mass is 35.5. The van der Waals surface area contributed by atoms with Crippen molar-refractivity contribution in [3.8, 4) is 10.6 Å². The van der Waals surface area contributed by atoms with E-state index in [-0.39, 0.29) is 29.4 Å². The third kappa shape index (κ3) is 5.36. The second kappa shape index (κ2) is 8.66. The summed E-state index contributed by atoms with van der Waals surface area (Å²) in [6, 6.07) is 8.59. The minimum Gasteiger partial charge on any atom is -0.336 e. The molecule has 0 atom stereocenters. The molecule has 0 radical (unpaired) electrons. The molecular formula is C18H14ClF3N4O2S. The molecule has 0 aliphatic carbocycles. The number of aromatic nitrogens is 2. The molecule has 0 fully saturated rings. The first kappa shape index (κ1) is 20.9. The number of alkyl halides is 3. The summed E-state index contributed by atoms with van der Waals surface area (Å²) in [5, 5.41) is 10.8. The summed E-state index contributed by atoms with van der Waals surface area (Å²) in [6.45, 7) is 0.116. The third-order valence-corrected chi connectivity index (χ3v) is 5.01. The number of anilines is 1. The molecule has 1 aromatic carbocycles. The van der Waals surface area contributed by atoms with E-state index in [0.717, 1.165) is 23.1 Å². The predicted molar refractivity (Wildman–Crippen MR) is 105 cm³/mol. The van der Waals surface area contributed by atoms with Gasteiger partial charge in [-0.25, -0.2) is 9.48 Å². The number of amides is 2. The average Bonchev–Trinajstić information content (AvgIpc) is 3.19. The van der Waals surface area contributed by atoms with Gasteiger partial charge in [0.15, 0.2) is 0 Å². The van der Waals surface area contributed by atoms with E-state index in [0.29, 0.717) is 5.69 Å². The number of benzene rings is 1. The molecule has 0 aliphatic heterocycles. The van der Waals surface area contributed by atoms with Gasteiger partial charge in [0.05, 0.1) is 27.7 Å². The number of nitrogens with one attached hydrogen (secondary N) is 2. The average molecular weight is 443 g/mol. The zero-order valence-electron chi connectivity index (χ0n) is 14.7. The number of carbonyl (C=O) groups excluding carboxylic acids is 1. The summed E-state index contributed by atoms with van der Waals surface area (Å²) < 4.78 is 39.6. The Morgan fingerprint density at radius 1 is 1.21 bits per heavy atom. The van der Waals surface area contributed by atoms with Gasteiger partial charge in [0, 0.05) is 12.6 Å². The second-order valence-electron chi connectivity index (χ2n) is 5.83. The summed E-state index contributed by atoms with van der Waals surface area (Å²) in [5.74, 6) is 0. The van der Waals surface area contributed by atoms with Crippen LogP contribution in [0, 0.1) is 0 Å². The van der Waals surface area contributed by atoms with E-state index in [1.165, 1.54) is 22.1 Å². The zero-order valence-corrected chi connectivity index (χ0v) is 16.2. The third-order valence-electron chi connectivity index (χ3n) is 3.79. The van der Waals surface area contributed by atoms with Crippen LogP contribution in [0.4, 0.5) is 23.7 Å². The van der Waals surface area contributed by atoms with Gasteiger partial charge in [-0.05, 0) is 35.7 Å². The molecule has 0 aliphatic rings. The molecule has 0 unspecified atom stereocenters. The van der Waals surface area contributed by atoms with Crippen LogP contribution < -0.4 is 16.2 Å². The molecular weight excluding hydrogens is 429 g/mol. The highest BCUT2D eigenvalue weighted by molar-refractivity contribution is 7.13. The lowest BCUT2D eigenvalue weighted by molar-refractivity contribution is -0.137. The number of carbonyl (C=O) groups is 1. The van der Waals surface area contributed by atoms with Gasteiger partial charge in [-0.3, -0.25) is 4.79 Å². The van der Waals surface area contributed by atoms with E-state index in [2.05, 4.69) is 15.7 Å². The first-order valence-electron chi connectivity index (χ1n) is 8.28. The van der Waals surface area contributed by atoms with E-state index >= 15 is 0 Å². The van der Waals surface area contributed by atoms with Crippen LogP contribution >= 0.6 is 22.9 Å². The quantitative estimate of drug-likeness (QED) is 0.612. The van der Waals surface area contributed by atoms with Crippen LogP contribution in [0.2, 0.25) is 5.02 Å². The van der Waals surface area contributed by atoms with Crippen molar-refractivity contribution in [3.63, 3.8) is 0 Å². The molecule has 0 saturated heterocycles. The van der Waals surface area contributed by atoms with Gasteiger partial charge in [0.1, 0.15) is 5.69 Å². The number of urea groups is 1. The fraction of sp³-hybridized carbons (Fsp3) is 0.167. The fourth-order valence-corrected chi connectivity index (χ4v) is 3.26. The molecule has 0 saturated carbocycles. The van der Waals surface area contributed by atoms with Crippen molar-refractivity contribution in [3.05, 3.63) is 68.8 Å². The number of halogens is 4. The topological polar surface area (TPSA) is 76.0 Å². The Morgan fingerprint density at radius 2 is 2.00 bits per heavy atom. The lowest BCUT2D eigenvalue weighted by Gasteiger charge is -2.12. The van der Waals surface area contributed by atoms with Crippen LogP contribution in [0.15, 0.2) is 52.6 Å². The molecule has 6 nitrogen and oxygen atoms in total. The van der Waals surface area contributed by atoms with Crippen LogP contribution in [-0.4, -0.2) is 22.4 Å². The van der Waals surface area contributed by atoms with Crippen molar-refractivity contribution in [2.24, 2.45) is 0 Å². The Balaban J connectivity index is 1.61. The van der Waals surface area contributed by atoms with Gasteiger partial charge in [-0.1, -0.05) is 17.7 Å². The van der Waals surface area contributed by atoms with Gasteiger partial charge in [-0.15, -0.1) is 11.3 Å². The number of thiophene rings is 1. The monoisotopic (exact) mass is 442 g/mol. The second-order valence-corrected chi connectivity index (χ2v) is 7.19. The molecule has 0 spiro atoms. The normalized spacial score (nSPS) is 11.3. The Labute approximate surface area is 171 Å². The van der Waals surface area contributed by atoms with Crippen LogP contribution in [-0.2, 0) is 12.7 Å². The largest absolute Gasteiger partial charge is 0.416 e. The molecule has 29 heavy (non-hydrogen) atoms. The van der Waals surface area contributed by atoms with Crippen LogP contribution in [0.1, 0.15) is 5.56 Å². The minimum absolute atomic E-state index is 0.0310. The molecule has 2 N–H and O–H groups in total. The van der Waals surface area contributed by atoms with Gasteiger partial charge >= 0.3 is 12.2 Å². The van der Waals surface area contributed by atoms with Gasteiger partial charge in [-0.2, -0.15) is 18.3 Å². The Bertz CT molecular complexity index is 1070. The summed E-state index contributed by atoms with van der Waals surface area (Å²) in [5.41, 5.74) is -0.819. The van der Waals surface area contributed by atoms with E-state index in [1.54, 1.807) is 6.07 Å². The first-order valence-corrected chi connectivity index (χ1v) is 9.53. The van der Waals surface area contributed by atoms with Crippen molar-refractivity contribution in [1.29, 1.82) is 0 Å². The predicted octanol–water partition coefficient (Wildman–Crippen LogP) is 4.47. The number of rotatable bonds is 5. The number of hydrogen-bond acceptors (Lipinski definition) is 4. The van der Waals surface area contributed by atoms with E-state index in [9.17, 15) is 22.8 Å². The van der Waals surface area contributed by atoms with E-state index in [4.69, 9.17) is 11.6 Å². The molecule has 2 aromatic heterocycles. The maximum absolute atomic E-state index is 12.8. The summed E-state index contributed by atoms with van der Waals surface area (Å²) in [7, 11) is 0. The maximum atomic E-state index is 12.8. The van der Waals surface area contributed by atoms with Crippen molar-refractivity contribution in [2.45, 2.75) is 12.7 Å². The van der Waals surface area contributed by atoms with Crippen molar-refractivity contribution in [1.82, 2.24) is 15.1 Å². The van der Waals surface area contributed by atoms with Crippen molar-refractivity contribution < 1.29 is 18.0 Å². The van der Waals surface area contributed by atoms with Gasteiger partial charge < -0.3 is 10.6 Å². The number of nitrogens with zero attached hydrogens (tertiary/aromatic N) is 2. The standard InChI is InChI=1S/C18H14ClF3N4O2S/c19-12-4-3-11(18(20,21)22)10-14(12)24-17(28)23-7-8-26-16(27)6-5-13(25-26)15-2-1-9-29-15/h1-6,9-10H,7-8H2,(H2,23,24,28). The fourth-order valence-electron chi connectivity index (χ4n) is 2.40. The summed E-state index contributed by atoms with van der Waals surface area (Å²) >= 11 is 7.32. The lowest BCUT2D eigenvalue weighted by Crippen LogP contribution is -2.34. The Kier molecular flexibility index (Phi) is 6.23. The first-order chi connectivity index (χ1) is 13.7. The Morgan fingerprint density at radius 3 is 2.69 bits per heavy atom. The van der Waals surface area contributed by atoms with Crippen LogP contribution in [0.5, 0.6) is 0 Å². The van der Waals surface area contributed by atoms with E-state index in [1.807, 2.05) is 17.5 Å². The van der Waals surface area contributed by atoms with Crippen LogP contribution in [0.25, 0.3) is 10.6 Å². The molecule has 152 valence electrons. The maximum Gasteiger partial charge on any atom is 0.416 e. The molecule has 3 rings (SSSR count). The van der Waals surface area contributed by atoms with Crippen molar-refractivity contribution in [2.75, 3.05) is 11.9 Å². The molecule has 3 aromatic rings. The molecule has 0 bridgehead atoms. The van der Waals surface area contributed by atoms with Crippen LogP contribution in [0.3, 0.4) is 0 Å². The zero-order chi connectivity index (χ0) is 21.0. The molecule has 2 heterocycles. The lowest BCUT2D eigenvalue weighted by atomic mass is 10.2.